The second-order valence-corrected chi connectivity index (χ2v) is 4.54. The van der Waals surface area contributed by atoms with Crippen LogP contribution in [0.25, 0.3) is 0 Å². The molecule has 4 nitrogen and oxygen atoms in total. The first kappa shape index (κ1) is 14.1. The molecule has 0 aliphatic rings. The Morgan fingerprint density at radius 2 is 1.90 bits per heavy atom. The molecule has 1 heterocycles. The molecule has 4 heteroatoms. The fraction of sp³-hybridized carbons (Fsp3) is 0.250. The minimum Gasteiger partial charge on any atom is -0.453 e. The molecule has 104 valence electrons. The molecule has 1 aromatic carbocycles. The lowest BCUT2D eigenvalue weighted by Crippen LogP contribution is -2.29. The normalized spacial score (nSPS) is 11.7. The number of benzene rings is 1. The van der Waals surface area contributed by atoms with E-state index in [2.05, 4.69) is 27.2 Å². The van der Waals surface area contributed by atoms with Gasteiger partial charge in [-0.2, -0.15) is 0 Å². The number of ether oxygens (including phenoxy) is 1. The summed E-state index contributed by atoms with van der Waals surface area (Å²) in [5.74, 6) is 0.206. The summed E-state index contributed by atoms with van der Waals surface area (Å²) < 4.78 is 4.63. The third-order valence-electron chi connectivity index (χ3n) is 3.18. The zero-order valence-electron chi connectivity index (χ0n) is 11.5. The lowest BCUT2D eigenvalue weighted by Gasteiger charge is -2.18. The number of carbonyl (C=O) groups excluding carboxylic acids is 1. The molecule has 0 bridgehead atoms. The van der Waals surface area contributed by atoms with Gasteiger partial charge in [0.2, 0.25) is 0 Å². The number of alkyl carbamates (subject to hydrolysis) is 1. The predicted molar refractivity (Wildman–Crippen MR) is 77.5 cm³/mol. The first-order valence-corrected chi connectivity index (χ1v) is 6.55. The molecule has 0 saturated heterocycles. The molecule has 20 heavy (non-hydrogen) atoms. The average molecular weight is 270 g/mol. The SMILES string of the molecule is COC(=O)NCC(Cc1ccncc1)c1ccccc1. The molecular weight excluding hydrogens is 252 g/mol. The standard InChI is InChI=1S/C16H18N2O2/c1-20-16(19)18-12-15(14-5-3-2-4-6-14)11-13-7-9-17-10-8-13/h2-10,15H,11-12H2,1H3,(H,18,19). The topological polar surface area (TPSA) is 51.2 Å². The van der Waals surface area contributed by atoms with Gasteiger partial charge >= 0.3 is 6.09 Å². The number of aromatic nitrogens is 1. The molecule has 2 aromatic rings. The number of hydrogen-bond donors (Lipinski definition) is 1. The van der Waals surface area contributed by atoms with Crippen molar-refractivity contribution in [1.29, 1.82) is 0 Å². The molecule has 0 spiro atoms. The molecule has 1 amide bonds. The molecule has 1 N–H and O–H groups in total. The zero-order chi connectivity index (χ0) is 14.2. The summed E-state index contributed by atoms with van der Waals surface area (Å²) in [7, 11) is 1.37. The lowest BCUT2D eigenvalue weighted by molar-refractivity contribution is 0.170. The highest BCUT2D eigenvalue weighted by Crippen LogP contribution is 2.20. The van der Waals surface area contributed by atoms with Crippen LogP contribution in [-0.2, 0) is 11.2 Å². The third kappa shape index (κ3) is 4.09. The monoisotopic (exact) mass is 270 g/mol. The number of nitrogens with zero attached hydrogens (tertiary/aromatic N) is 1. The summed E-state index contributed by atoms with van der Waals surface area (Å²) in [4.78, 5) is 15.3. The molecule has 0 fully saturated rings. The molecule has 1 aromatic heterocycles. The molecule has 0 saturated carbocycles. The summed E-state index contributed by atoms with van der Waals surface area (Å²) in [6.07, 6.45) is 4.01. The number of methoxy groups -OCH3 is 1. The van der Waals surface area contributed by atoms with Crippen molar-refractivity contribution in [2.75, 3.05) is 13.7 Å². The van der Waals surface area contributed by atoms with Gasteiger partial charge in [-0.05, 0) is 29.7 Å². The summed E-state index contributed by atoms with van der Waals surface area (Å²) >= 11 is 0. The van der Waals surface area contributed by atoms with Gasteiger partial charge in [0.05, 0.1) is 7.11 Å². The van der Waals surface area contributed by atoms with Gasteiger partial charge in [-0.15, -0.1) is 0 Å². The van der Waals surface area contributed by atoms with Crippen LogP contribution >= 0.6 is 0 Å². The fourth-order valence-corrected chi connectivity index (χ4v) is 2.12. The first-order chi connectivity index (χ1) is 9.79. The van der Waals surface area contributed by atoms with E-state index in [0.29, 0.717) is 6.54 Å². The van der Waals surface area contributed by atoms with Crippen LogP contribution < -0.4 is 5.32 Å². The van der Waals surface area contributed by atoms with E-state index in [1.165, 1.54) is 18.2 Å². The van der Waals surface area contributed by atoms with Gasteiger partial charge in [0.1, 0.15) is 0 Å². The van der Waals surface area contributed by atoms with Crippen molar-refractivity contribution in [2.45, 2.75) is 12.3 Å². The van der Waals surface area contributed by atoms with Crippen molar-refractivity contribution in [3.63, 3.8) is 0 Å². The van der Waals surface area contributed by atoms with Crippen molar-refractivity contribution >= 4 is 6.09 Å². The summed E-state index contributed by atoms with van der Waals surface area (Å²) in [5, 5.41) is 2.77. The largest absolute Gasteiger partial charge is 0.453 e. The van der Waals surface area contributed by atoms with Crippen molar-refractivity contribution in [3.8, 4) is 0 Å². The van der Waals surface area contributed by atoms with Crippen LogP contribution in [-0.4, -0.2) is 24.7 Å². The molecule has 0 aliphatic carbocycles. The van der Waals surface area contributed by atoms with Gasteiger partial charge in [0.25, 0.3) is 0 Å². The Balaban J connectivity index is 2.10. The highest BCUT2D eigenvalue weighted by molar-refractivity contribution is 5.66. The smallest absolute Gasteiger partial charge is 0.406 e. The first-order valence-electron chi connectivity index (χ1n) is 6.55. The van der Waals surface area contributed by atoms with E-state index < -0.39 is 6.09 Å². The summed E-state index contributed by atoms with van der Waals surface area (Å²) in [5.41, 5.74) is 2.39. The number of hydrogen-bond acceptors (Lipinski definition) is 3. The van der Waals surface area contributed by atoms with Crippen LogP contribution in [0.15, 0.2) is 54.9 Å². The number of carbonyl (C=O) groups is 1. The van der Waals surface area contributed by atoms with E-state index in [1.54, 1.807) is 12.4 Å². The fourth-order valence-electron chi connectivity index (χ4n) is 2.12. The second-order valence-electron chi connectivity index (χ2n) is 4.54. The van der Waals surface area contributed by atoms with E-state index in [0.717, 1.165) is 6.42 Å². The quantitative estimate of drug-likeness (QED) is 0.909. The van der Waals surface area contributed by atoms with Gasteiger partial charge in [-0.3, -0.25) is 4.98 Å². The van der Waals surface area contributed by atoms with Crippen molar-refractivity contribution in [2.24, 2.45) is 0 Å². The number of rotatable bonds is 5. The third-order valence-corrected chi connectivity index (χ3v) is 3.18. The number of nitrogens with one attached hydrogen (secondary N) is 1. The average Bonchev–Trinajstić information content (AvgIpc) is 2.53. The predicted octanol–water partition coefficient (Wildman–Crippen LogP) is 2.76. The Hall–Kier alpha value is -2.36. The van der Waals surface area contributed by atoms with Gasteiger partial charge in [-0.1, -0.05) is 30.3 Å². The van der Waals surface area contributed by atoms with E-state index in [-0.39, 0.29) is 5.92 Å². The van der Waals surface area contributed by atoms with E-state index >= 15 is 0 Å². The van der Waals surface area contributed by atoms with Gasteiger partial charge in [0.15, 0.2) is 0 Å². The molecule has 1 unspecified atom stereocenters. The highest BCUT2D eigenvalue weighted by Gasteiger charge is 2.13. The summed E-state index contributed by atoms with van der Waals surface area (Å²) in [6, 6.07) is 14.1. The van der Waals surface area contributed by atoms with Gasteiger partial charge < -0.3 is 10.1 Å². The molecule has 2 rings (SSSR count). The zero-order valence-corrected chi connectivity index (χ0v) is 11.5. The Kier molecular flexibility index (Phi) is 5.12. The van der Waals surface area contributed by atoms with Crippen molar-refractivity contribution in [1.82, 2.24) is 10.3 Å². The number of amides is 1. The van der Waals surface area contributed by atoms with Crippen LogP contribution in [0, 0.1) is 0 Å². The van der Waals surface area contributed by atoms with Crippen LogP contribution in [0.5, 0.6) is 0 Å². The maximum absolute atomic E-state index is 11.3. The molecule has 0 radical (unpaired) electrons. The van der Waals surface area contributed by atoms with Gasteiger partial charge in [0, 0.05) is 24.9 Å². The lowest BCUT2D eigenvalue weighted by atomic mass is 9.92. The molecule has 0 aliphatic heterocycles. The molecular formula is C16H18N2O2. The van der Waals surface area contributed by atoms with Crippen LogP contribution in [0.4, 0.5) is 4.79 Å². The number of pyridine rings is 1. The van der Waals surface area contributed by atoms with E-state index in [1.807, 2.05) is 30.3 Å². The molecule has 1 atom stereocenters. The van der Waals surface area contributed by atoms with Crippen molar-refractivity contribution < 1.29 is 9.53 Å². The Labute approximate surface area is 118 Å². The van der Waals surface area contributed by atoms with Crippen LogP contribution in [0.1, 0.15) is 17.0 Å². The summed E-state index contributed by atoms with van der Waals surface area (Å²) in [6.45, 7) is 0.541. The maximum atomic E-state index is 11.3. The Morgan fingerprint density at radius 3 is 2.55 bits per heavy atom. The van der Waals surface area contributed by atoms with E-state index in [9.17, 15) is 4.79 Å². The van der Waals surface area contributed by atoms with Crippen molar-refractivity contribution in [3.05, 3.63) is 66.0 Å². The minimum atomic E-state index is -0.402. The van der Waals surface area contributed by atoms with E-state index in [4.69, 9.17) is 0 Å². The van der Waals surface area contributed by atoms with Gasteiger partial charge in [-0.25, -0.2) is 4.79 Å². The highest BCUT2D eigenvalue weighted by atomic mass is 16.5. The minimum absolute atomic E-state index is 0.206. The van der Waals surface area contributed by atoms with Crippen LogP contribution in [0.2, 0.25) is 0 Å². The second kappa shape index (κ2) is 7.28. The van der Waals surface area contributed by atoms with Crippen LogP contribution in [0.3, 0.4) is 0 Å². The Bertz CT molecular complexity index is 529. The maximum Gasteiger partial charge on any atom is 0.406 e. The Morgan fingerprint density at radius 1 is 1.20 bits per heavy atom.